The molecule has 2 fully saturated rings. The summed E-state index contributed by atoms with van der Waals surface area (Å²) in [6, 6.07) is 2.93. The molecule has 2 heterocycles. The largest absolute Gasteiger partial charge is 0.339 e. The van der Waals surface area contributed by atoms with E-state index in [-0.39, 0.29) is 17.0 Å². The number of carbonyl (C=O) groups is 2. The Morgan fingerprint density at radius 3 is 2.78 bits per heavy atom. The van der Waals surface area contributed by atoms with E-state index in [0.717, 1.165) is 24.6 Å². The highest BCUT2D eigenvalue weighted by Crippen LogP contribution is 2.33. The van der Waals surface area contributed by atoms with E-state index in [9.17, 15) is 18.4 Å². The molecule has 1 aromatic carbocycles. The monoisotopic (exact) mass is 377 g/mol. The fourth-order valence-electron chi connectivity index (χ4n) is 4.05. The third-order valence-electron chi connectivity index (χ3n) is 5.80. The minimum Gasteiger partial charge on any atom is -0.339 e. The molecule has 1 aromatic rings. The summed E-state index contributed by atoms with van der Waals surface area (Å²) < 4.78 is 27.6. The SMILES string of the molecule is C=CCN1CCC2(CCC1=O)CN(C(=O)c1cc(F)ccc1F)CCN2C. The molecule has 0 radical (unpaired) electrons. The molecule has 0 saturated carbocycles. The lowest BCUT2D eigenvalue weighted by atomic mass is 9.86. The number of amides is 2. The molecule has 7 heteroatoms. The molecule has 1 atom stereocenters. The zero-order valence-corrected chi connectivity index (χ0v) is 15.6. The molecule has 0 bridgehead atoms. The molecule has 0 aliphatic carbocycles. The van der Waals surface area contributed by atoms with Crippen LogP contribution in [-0.2, 0) is 4.79 Å². The molecular formula is C20H25F2N3O2. The van der Waals surface area contributed by atoms with Crippen LogP contribution in [-0.4, -0.2) is 71.8 Å². The van der Waals surface area contributed by atoms with Crippen LogP contribution in [0.4, 0.5) is 8.78 Å². The van der Waals surface area contributed by atoms with Crippen molar-refractivity contribution in [1.29, 1.82) is 0 Å². The first-order chi connectivity index (χ1) is 12.9. The second kappa shape index (κ2) is 7.76. The highest BCUT2D eigenvalue weighted by atomic mass is 19.1. The number of benzene rings is 1. The lowest BCUT2D eigenvalue weighted by Crippen LogP contribution is -2.62. The van der Waals surface area contributed by atoms with Gasteiger partial charge in [-0.05, 0) is 38.1 Å². The molecular weight excluding hydrogens is 352 g/mol. The van der Waals surface area contributed by atoms with E-state index in [4.69, 9.17) is 0 Å². The fraction of sp³-hybridized carbons (Fsp3) is 0.500. The summed E-state index contributed by atoms with van der Waals surface area (Å²) >= 11 is 0. The van der Waals surface area contributed by atoms with E-state index in [0.29, 0.717) is 45.6 Å². The summed E-state index contributed by atoms with van der Waals surface area (Å²) in [4.78, 5) is 30.7. The van der Waals surface area contributed by atoms with Gasteiger partial charge < -0.3 is 9.80 Å². The third-order valence-corrected chi connectivity index (χ3v) is 5.80. The number of hydrogen-bond donors (Lipinski definition) is 0. The van der Waals surface area contributed by atoms with Gasteiger partial charge in [0.15, 0.2) is 0 Å². The summed E-state index contributed by atoms with van der Waals surface area (Å²) in [5.74, 6) is -1.77. The molecule has 27 heavy (non-hydrogen) atoms. The predicted molar refractivity (Wildman–Crippen MR) is 98.3 cm³/mol. The molecule has 0 aromatic heterocycles. The zero-order valence-electron chi connectivity index (χ0n) is 15.6. The normalized spacial score (nSPS) is 24.2. The maximum atomic E-state index is 14.1. The van der Waals surface area contributed by atoms with Crippen LogP contribution in [0, 0.1) is 11.6 Å². The smallest absolute Gasteiger partial charge is 0.257 e. The van der Waals surface area contributed by atoms with Crippen LogP contribution in [0.15, 0.2) is 30.9 Å². The Morgan fingerprint density at radius 1 is 1.26 bits per heavy atom. The minimum absolute atomic E-state index is 0.0831. The number of hydrogen-bond acceptors (Lipinski definition) is 3. The van der Waals surface area contributed by atoms with E-state index in [1.807, 2.05) is 7.05 Å². The van der Waals surface area contributed by atoms with Gasteiger partial charge in [-0.15, -0.1) is 6.58 Å². The van der Waals surface area contributed by atoms with Crippen LogP contribution in [0.5, 0.6) is 0 Å². The van der Waals surface area contributed by atoms with Crippen LogP contribution >= 0.6 is 0 Å². The number of halogens is 2. The molecule has 3 rings (SSSR count). The molecule has 146 valence electrons. The summed E-state index contributed by atoms with van der Waals surface area (Å²) in [5.41, 5.74) is -0.587. The Bertz CT molecular complexity index is 755. The third kappa shape index (κ3) is 3.88. The Labute approximate surface area is 158 Å². The van der Waals surface area contributed by atoms with Gasteiger partial charge in [-0.2, -0.15) is 0 Å². The van der Waals surface area contributed by atoms with E-state index < -0.39 is 17.5 Å². The molecule has 1 unspecified atom stereocenters. The Morgan fingerprint density at radius 2 is 2.04 bits per heavy atom. The number of piperazine rings is 1. The van der Waals surface area contributed by atoms with Gasteiger partial charge in [-0.3, -0.25) is 14.5 Å². The van der Waals surface area contributed by atoms with Crippen LogP contribution in [0.25, 0.3) is 0 Å². The number of likely N-dealkylation sites (N-methyl/N-ethyl adjacent to an activating group) is 1. The first-order valence-corrected chi connectivity index (χ1v) is 9.20. The second-order valence-electron chi connectivity index (χ2n) is 7.38. The van der Waals surface area contributed by atoms with Crippen molar-refractivity contribution in [2.75, 3.05) is 39.8 Å². The average Bonchev–Trinajstić information content (AvgIpc) is 2.80. The number of rotatable bonds is 3. The maximum absolute atomic E-state index is 14.1. The van der Waals surface area contributed by atoms with Crippen molar-refractivity contribution in [3.8, 4) is 0 Å². The Balaban J connectivity index is 1.81. The van der Waals surface area contributed by atoms with E-state index in [1.165, 1.54) is 0 Å². The average molecular weight is 377 g/mol. The summed E-state index contributed by atoms with van der Waals surface area (Å²) in [7, 11) is 2.00. The fourth-order valence-corrected chi connectivity index (χ4v) is 4.05. The van der Waals surface area contributed by atoms with Gasteiger partial charge in [-0.1, -0.05) is 6.08 Å². The zero-order chi connectivity index (χ0) is 19.6. The highest BCUT2D eigenvalue weighted by Gasteiger charge is 2.43. The summed E-state index contributed by atoms with van der Waals surface area (Å²) in [6.45, 7) is 6.26. The number of nitrogens with zero attached hydrogens (tertiary/aromatic N) is 3. The van der Waals surface area contributed by atoms with Gasteiger partial charge in [-0.25, -0.2) is 8.78 Å². The van der Waals surface area contributed by atoms with E-state index >= 15 is 0 Å². The standard InChI is InChI=1S/C20H25F2N3O2/c1-3-9-24-10-8-20(7-6-18(24)26)14-25(12-11-23(20)2)19(27)16-13-15(21)4-5-17(16)22/h3-5,13H,1,6-12,14H2,2H3. The topological polar surface area (TPSA) is 43.9 Å². The first kappa shape index (κ1) is 19.5. The van der Waals surface area contributed by atoms with Crippen molar-refractivity contribution in [2.24, 2.45) is 0 Å². The first-order valence-electron chi connectivity index (χ1n) is 9.20. The Hall–Kier alpha value is -2.28. The molecule has 2 aliphatic rings. The molecule has 1 spiro atoms. The van der Waals surface area contributed by atoms with Crippen LogP contribution in [0.2, 0.25) is 0 Å². The molecule has 5 nitrogen and oxygen atoms in total. The molecule has 2 amide bonds. The van der Waals surface area contributed by atoms with Crippen molar-refractivity contribution < 1.29 is 18.4 Å². The van der Waals surface area contributed by atoms with Gasteiger partial charge in [0.2, 0.25) is 5.91 Å². The van der Waals surface area contributed by atoms with Gasteiger partial charge in [0.1, 0.15) is 11.6 Å². The highest BCUT2D eigenvalue weighted by molar-refractivity contribution is 5.94. The lowest BCUT2D eigenvalue weighted by molar-refractivity contribution is -0.130. The van der Waals surface area contributed by atoms with Crippen molar-refractivity contribution >= 4 is 11.8 Å². The van der Waals surface area contributed by atoms with Crippen molar-refractivity contribution in [1.82, 2.24) is 14.7 Å². The minimum atomic E-state index is -0.720. The number of carbonyl (C=O) groups excluding carboxylic acids is 2. The van der Waals surface area contributed by atoms with Crippen molar-refractivity contribution in [2.45, 2.75) is 24.8 Å². The van der Waals surface area contributed by atoms with E-state index in [2.05, 4.69) is 11.5 Å². The lowest BCUT2D eigenvalue weighted by Gasteiger charge is -2.49. The molecule has 0 N–H and O–H groups in total. The summed E-state index contributed by atoms with van der Waals surface area (Å²) in [5, 5.41) is 0. The predicted octanol–water partition coefficient (Wildman–Crippen LogP) is 2.29. The molecule has 2 saturated heterocycles. The quantitative estimate of drug-likeness (QED) is 0.760. The van der Waals surface area contributed by atoms with Gasteiger partial charge in [0, 0.05) is 44.7 Å². The van der Waals surface area contributed by atoms with Crippen molar-refractivity contribution in [3.05, 3.63) is 48.1 Å². The van der Waals surface area contributed by atoms with Gasteiger partial charge >= 0.3 is 0 Å². The van der Waals surface area contributed by atoms with E-state index in [1.54, 1.807) is 15.9 Å². The van der Waals surface area contributed by atoms with Gasteiger partial charge in [0.05, 0.1) is 5.56 Å². The Kier molecular flexibility index (Phi) is 5.60. The van der Waals surface area contributed by atoms with Crippen LogP contribution in [0.1, 0.15) is 29.6 Å². The van der Waals surface area contributed by atoms with Crippen LogP contribution < -0.4 is 0 Å². The number of likely N-dealkylation sites (tertiary alicyclic amines) is 1. The maximum Gasteiger partial charge on any atom is 0.257 e. The van der Waals surface area contributed by atoms with Crippen LogP contribution in [0.3, 0.4) is 0 Å². The second-order valence-corrected chi connectivity index (χ2v) is 7.38. The van der Waals surface area contributed by atoms with Crippen molar-refractivity contribution in [3.63, 3.8) is 0 Å². The van der Waals surface area contributed by atoms with Gasteiger partial charge in [0.25, 0.3) is 5.91 Å². The summed E-state index contributed by atoms with van der Waals surface area (Å²) in [6.07, 6.45) is 3.46. The molecule has 2 aliphatic heterocycles.